The minimum absolute atomic E-state index is 0.108. The number of carbonyl (C=O) groups is 1. The van der Waals surface area contributed by atoms with E-state index in [0.717, 1.165) is 31.2 Å². The van der Waals surface area contributed by atoms with E-state index in [-0.39, 0.29) is 4.90 Å². The van der Waals surface area contributed by atoms with Crippen LogP contribution in [0.15, 0.2) is 81.2 Å². The van der Waals surface area contributed by atoms with E-state index in [0.29, 0.717) is 5.69 Å². The van der Waals surface area contributed by atoms with E-state index in [1.54, 1.807) is 24.3 Å². The van der Waals surface area contributed by atoms with E-state index >= 15 is 0 Å². The molecule has 0 fully saturated rings. The Hall–Kier alpha value is -3.17. The molecule has 34 heavy (non-hydrogen) atoms. The summed E-state index contributed by atoms with van der Waals surface area (Å²) in [5.74, 6) is -0.556. The van der Waals surface area contributed by atoms with Crippen LogP contribution in [0.4, 0.5) is 11.4 Å². The Morgan fingerprint density at radius 2 is 1.68 bits per heavy atom. The number of sulfonamides is 1. The number of aryl methyl sites for hydroxylation is 2. The van der Waals surface area contributed by atoms with Crippen LogP contribution in [0.2, 0.25) is 0 Å². The number of anilines is 2. The highest BCUT2D eigenvalue weighted by molar-refractivity contribution is 9.10. The molecular weight excluding hydrogens is 516 g/mol. The van der Waals surface area contributed by atoms with Crippen LogP contribution >= 0.6 is 15.9 Å². The van der Waals surface area contributed by atoms with E-state index in [1.807, 2.05) is 63.2 Å². The topological polar surface area (TPSA) is 82.1 Å². The Kier molecular flexibility index (Phi) is 8.11. The lowest BCUT2D eigenvalue weighted by atomic mass is 10.1. The normalized spacial score (nSPS) is 11.4. The van der Waals surface area contributed by atoms with Gasteiger partial charge < -0.3 is 4.90 Å². The maximum Gasteiger partial charge on any atom is 0.264 e. The standard InChI is InChI=1S/C25H27BrN4O3S/c1-18-10-12-23(19(2)14-18)30(34(32,33)21-8-6-5-7-9-21)17-25(31)28-27-16-20-11-13-24(29(3)4)22(26)15-20/h5-16H,17H2,1-4H3,(H,28,31)/b27-16-. The average molecular weight is 543 g/mol. The quantitative estimate of drug-likeness (QED) is 0.336. The summed E-state index contributed by atoms with van der Waals surface area (Å²) >= 11 is 3.52. The van der Waals surface area contributed by atoms with Crippen LogP contribution in [-0.4, -0.2) is 41.2 Å². The average Bonchev–Trinajstić information content (AvgIpc) is 2.78. The molecule has 0 heterocycles. The van der Waals surface area contributed by atoms with Crippen molar-refractivity contribution in [2.75, 3.05) is 29.8 Å². The van der Waals surface area contributed by atoms with Crippen LogP contribution < -0.4 is 14.6 Å². The third-order valence-electron chi connectivity index (χ3n) is 5.10. The van der Waals surface area contributed by atoms with Gasteiger partial charge in [-0.3, -0.25) is 9.10 Å². The van der Waals surface area contributed by atoms with Crippen molar-refractivity contribution in [2.24, 2.45) is 5.10 Å². The number of nitrogens with zero attached hydrogens (tertiary/aromatic N) is 3. The Morgan fingerprint density at radius 1 is 1.00 bits per heavy atom. The van der Waals surface area contributed by atoms with Crippen LogP contribution in [0, 0.1) is 13.8 Å². The third-order valence-corrected chi connectivity index (χ3v) is 7.50. The second-order valence-corrected chi connectivity index (χ2v) is 10.7. The monoisotopic (exact) mass is 542 g/mol. The van der Waals surface area contributed by atoms with Crippen molar-refractivity contribution in [2.45, 2.75) is 18.7 Å². The van der Waals surface area contributed by atoms with Gasteiger partial charge in [0.1, 0.15) is 6.54 Å². The molecular formula is C25H27BrN4O3S. The highest BCUT2D eigenvalue weighted by atomic mass is 79.9. The van der Waals surface area contributed by atoms with Gasteiger partial charge in [-0.2, -0.15) is 5.10 Å². The zero-order valence-corrected chi connectivity index (χ0v) is 21.9. The van der Waals surface area contributed by atoms with Gasteiger partial charge in [0.05, 0.1) is 22.5 Å². The van der Waals surface area contributed by atoms with Crippen molar-refractivity contribution < 1.29 is 13.2 Å². The number of carbonyl (C=O) groups excluding carboxylic acids is 1. The molecule has 9 heteroatoms. The molecule has 0 radical (unpaired) electrons. The smallest absolute Gasteiger partial charge is 0.264 e. The summed E-state index contributed by atoms with van der Waals surface area (Å²) in [6.45, 7) is 3.33. The van der Waals surface area contributed by atoms with Crippen LogP contribution in [0.3, 0.4) is 0 Å². The van der Waals surface area contributed by atoms with Gasteiger partial charge in [0, 0.05) is 18.6 Å². The molecule has 0 aliphatic heterocycles. The molecule has 7 nitrogen and oxygen atoms in total. The lowest BCUT2D eigenvalue weighted by Crippen LogP contribution is -2.40. The molecule has 1 amide bonds. The number of hydrogen-bond acceptors (Lipinski definition) is 5. The van der Waals surface area contributed by atoms with Crippen molar-refractivity contribution in [1.29, 1.82) is 0 Å². The summed E-state index contributed by atoms with van der Waals surface area (Å²) in [4.78, 5) is 14.8. The largest absolute Gasteiger partial charge is 0.377 e. The second kappa shape index (κ2) is 10.8. The molecule has 0 saturated carbocycles. The number of hydrogen-bond donors (Lipinski definition) is 1. The molecule has 0 bridgehead atoms. The van der Waals surface area contributed by atoms with E-state index in [2.05, 4.69) is 26.5 Å². The molecule has 1 N–H and O–H groups in total. The molecule has 0 aromatic heterocycles. The van der Waals surface area contributed by atoms with Gasteiger partial charge >= 0.3 is 0 Å². The fourth-order valence-corrected chi connectivity index (χ4v) is 5.67. The molecule has 0 spiro atoms. The molecule has 0 atom stereocenters. The summed E-state index contributed by atoms with van der Waals surface area (Å²) in [5.41, 5.74) is 6.42. The third kappa shape index (κ3) is 6.03. The molecule has 0 unspecified atom stereocenters. The minimum Gasteiger partial charge on any atom is -0.377 e. The SMILES string of the molecule is Cc1ccc(N(CC(=O)N/N=C\c2ccc(N(C)C)c(Br)c2)S(=O)(=O)c2ccccc2)c(C)c1. The van der Waals surface area contributed by atoms with E-state index < -0.39 is 22.5 Å². The lowest BCUT2D eigenvalue weighted by Gasteiger charge is -2.25. The molecule has 0 aliphatic carbocycles. The van der Waals surface area contributed by atoms with Gasteiger partial charge in [-0.1, -0.05) is 42.0 Å². The van der Waals surface area contributed by atoms with Crippen molar-refractivity contribution in [3.63, 3.8) is 0 Å². The summed E-state index contributed by atoms with van der Waals surface area (Å²) < 4.78 is 28.9. The lowest BCUT2D eigenvalue weighted by molar-refractivity contribution is -0.119. The van der Waals surface area contributed by atoms with Crippen molar-refractivity contribution in [3.05, 3.63) is 87.9 Å². The molecule has 3 aromatic rings. The Labute approximate surface area is 209 Å². The number of benzene rings is 3. The van der Waals surface area contributed by atoms with Gasteiger partial charge in [0.2, 0.25) is 0 Å². The first-order chi connectivity index (χ1) is 16.1. The summed E-state index contributed by atoms with van der Waals surface area (Å²) in [6, 6.07) is 19.2. The van der Waals surface area contributed by atoms with Gasteiger partial charge in [0.15, 0.2) is 0 Å². The Balaban J connectivity index is 1.83. The van der Waals surface area contributed by atoms with Gasteiger partial charge in [0.25, 0.3) is 15.9 Å². The highest BCUT2D eigenvalue weighted by Crippen LogP contribution is 2.28. The van der Waals surface area contributed by atoms with Crippen molar-refractivity contribution >= 4 is 49.4 Å². The Morgan fingerprint density at radius 3 is 2.29 bits per heavy atom. The highest BCUT2D eigenvalue weighted by Gasteiger charge is 2.28. The predicted octanol–water partition coefficient (Wildman–Crippen LogP) is 4.48. The van der Waals surface area contributed by atoms with Gasteiger partial charge in [-0.05, 0) is 71.2 Å². The minimum atomic E-state index is -3.97. The molecule has 0 aliphatic rings. The van der Waals surface area contributed by atoms with E-state index in [4.69, 9.17) is 0 Å². The molecule has 178 valence electrons. The van der Waals surface area contributed by atoms with Gasteiger partial charge in [-0.25, -0.2) is 13.8 Å². The number of nitrogens with one attached hydrogen (secondary N) is 1. The Bertz CT molecular complexity index is 1310. The van der Waals surface area contributed by atoms with Crippen LogP contribution in [0.1, 0.15) is 16.7 Å². The molecule has 3 aromatic carbocycles. The van der Waals surface area contributed by atoms with Gasteiger partial charge in [-0.15, -0.1) is 0 Å². The van der Waals surface area contributed by atoms with Crippen LogP contribution in [0.5, 0.6) is 0 Å². The fourth-order valence-electron chi connectivity index (χ4n) is 3.42. The van der Waals surface area contributed by atoms with Crippen molar-refractivity contribution in [1.82, 2.24) is 5.43 Å². The zero-order valence-electron chi connectivity index (χ0n) is 19.5. The predicted molar refractivity (Wildman–Crippen MR) is 141 cm³/mol. The summed E-state index contributed by atoms with van der Waals surface area (Å²) in [6.07, 6.45) is 1.51. The summed E-state index contributed by atoms with van der Waals surface area (Å²) in [5, 5.41) is 4.01. The zero-order chi connectivity index (χ0) is 24.9. The molecule has 0 saturated heterocycles. The number of amides is 1. The first-order valence-electron chi connectivity index (χ1n) is 10.5. The maximum atomic E-state index is 13.4. The van der Waals surface area contributed by atoms with E-state index in [9.17, 15) is 13.2 Å². The molecule has 3 rings (SSSR count). The first kappa shape index (κ1) is 25.5. The second-order valence-electron chi connectivity index (χ2n) is 8.01. The van der Waals surface area contributed by atoms with Crippen LogP contribution in [-0.2, 0) is 14.8 Å². The first-order valence-corrected chi connectivity index (χ1v) is 12.8. The number of hydrazone groups is 1. The number of halogens is 1. The van der Waals surface area contributed by atoms with Crippen LogP contribution in [0.25, 0.3) is 0 Å². The van der Waals surface area contributed by atoms with Crippen molar-refractivity contribution in [3.8, 4) is 0 Å². The maximum absolute atomic E-state index is 13.4. The van der Waals surface area contributed by atoms with E-state index in [1.165, 1.54) is 18.3 Å². The summed E-state index contributed by atoms with van der Waals surface area (Å²) in [7, 11) is -0.0834. The fraction of sp³-hybridized carbons (Fsp3) is 0.200. The number of rotatable bonds is 8.